The van der Waals surface area contributed by atoms with E-state index in [2.05, 4.69) is 15.3 Å². The molecular weight excluding hydrogens is 299 g/mol. The average Bonchev–Trinajstić information content (AvgIpc) is 2.90. The largest absolute Gasteiger partial charge is 1.00 e. The first-order valence-electron chi connectivity index (χ1n) is 8.27. The zero-order valence-electron chi connectivity index (χ0n) is 15.3. The molecule has 0 aliphatic carbocycles. The summed E-state index contributed by atoms with van der Waals surface area (Å²) in [6, 6.07) is 5.85. The van der Waals surface area contributed by atoms with Gasteiger partial charge in [-0.25, -0.2) is 4.79 Å². The van der Waals surface area contributed by atoms with Gasteiger partial charge < -0.3 is 16.7 Å². The van der Waals surface area contributed by atoms with E-state index in [4.69, 9.17) is 0 Å². The molecule has 0 amide bonds. The standard InChI is InChI=1S/C17H22N4O2.Li.H/c1-20-15-4-2-3-12(17(22)23)16(15)13(19-20)9-18-14-10-21-7-5-11(14)6-8-21;;/h2-4,11,14,18H,5-10H2,1H3,(H,22,23);;/q;+1;-1. The molecular formula is C17H23LiN4O2. The summed E-state index contributed by atoms with van der Waals surface area (Å²) in [7, 11) is 1.87. The Bertz CT molecular complexity index is 758. The van der Waals surface area contributed by atoms with Crippen molar-refractivity contribution in [3.8, 4) is 0 Å². The van der Waals surface area contributed by atoms with Crippen molar-refractivity contribution < 1.29 is 30.2 Å². The van der Waals surface area contributed by atoms with Crippen LogP contribution in [0.3, 0.4) is 0 Å². The van der Waals surface area contributed by atoms with Crippen molar-refractivity contribution >= 4 is 16.9 Å². The molecule has 0 spiro atoms. The molecule has 0 radical (unpaired) electrons. The van der Waals surface area contributed by atoms with Gasteiger partial charge in [-0.3, -0.25) is 4.68 Å². The van der Waals surface area contributed by atoms with E-state index in [-0.39, 0.29) is 20.3 Å². The van der Waals surface area contributed by atoms with Gasteiger partial charge in [0.2, 0.25) is 0 Å². The topological polar surface area (TPSA) is 70.4 Å². The molecule has 2 bridgehead atoms. The van der Waals surface area contributed by atoms with Crippen molar-refractivity contribution in [2.75, 3.05) is 19.6 Å². The third-order valence-electron chi connectivity index (χ3n) is 5.37. The third kappa shape index (κ3) is 3.00. The zero-order chi connectivity index (χ0) is 16.0. The van der Waals surface area contributed by atoms with Crippen molar-refractivity contribution in [1.29, 1.82) is 0 Å². The van der Waals surface area contributed by atoms with E-state index >= 15 is 0 Å². The fourth-order valence-corrected chi connectivity index (χ4v) is 4.12. The van der Waals surface area contributed by atoms with Crippen molar-refractivity contribution in [2.24, 2.45) is 13.0 Å². The second-order valence-corrected chi connectivity index (χ2v) is 6.70. The van der Waals surface area contributed by atoms with E-state index < -0.39 is 5.97 Å². The molecule has 3 aliphatic rings. The zero-order valence-corrected chi connectivity index (χ0v) is 14.3. The van der Waals surface area contributed by atoms with E-state index in [1.807, 2.05) is 13.1 Å². The van der Waals surface area contributed by atoms with Crippen LogP contribution >= 0.6 is 0 Å². The summed E-state index contributed by atoms with van der Waals surface area (Å²) in [5, 5.41) is 18.4. The van der Waals surface area contributed by atoms with Crippen LogP contribution in [0, 0.1) is 5.92 Å². The molecule has 24 heavy (non-hydrogen) atoms. The smallest absolute Gasteiger partial charge is 1.00 e. The number of nitrogens with one attached hydrogen (secondary N) is 1. The summed E-state index contributed by atoms with van der Waals surface area (Å²) in [5.74, 6) is -0.151. The van der Waals surface area contributed by atoms with Crippen molar-refractivity contribution in [3.63, 3.8) is 0 Å². The molecule has 2 N–H and O–H groups in total. The summed E-state index contributed by atoms with van der Waals surface area (Å²) >= 11 is 0. The molecule has 1 unspecified atom stereocenters. The molecule has 3 aliphatic heterocycles. The van der Waals surface area contributed by atoms with Gasteiger partial charge in [0.25, 0.3) is 0 Å². The number of fused-ring (bicyclic) bond motifs is 4. The minimum atomic E-state index is -0.896. The Balaban J connectivity index is 0.00000113. The number of carbonyl (C=O) groups is 1. The number of carboxylic acids is 1. The molecule has 7 heteroatoms. The second kappa shape index (κ2) is 6.89. The molecule has 4 heterocycles. The minimum absolute atomic E-state index is 0. The van der Waals surface area contributed by atoms with Crippen LogP contribution in [0.4, 0.5) is 0 Å². The molecule has 1 aromatic carbocycles. The quantitative estimate of drug-likeness (QED) is 0.676. The first-order valence-corrected chi connectivity index (χ1v) is 8.27. The first-order chi connectivity index (χ1) is 11.1. The maximum Gasteiger partial charge on any atom is 1.00 e. The summed E-state index contributed by atoms with van der Waals surface area (Å²) in [6.07, 6.45) is 2.53. The first kappa shape index (κ1) is 17.5. The Labute approximate surface area is 154 Å². The SMILES string of the molecule is Cn1nc(CNC2CN3CCC2CC3)c2c(C(=O)O)cccc21.[H-].[Li+]. The van der Waals surface area contributed by atoms with E-state index in [1.165, 1.54) is 25.9 Å². The number of hydrogen-bond acceptors (Lipinski definition) is 4. The fourth-order valence-electron chi connectivity index (χ4n) is 4.12. The van der Waals surface area contributed by atoms with Gasteiger partial charge >= 0.3 is 24.8 Å². The molecule has 6 nitrogen and oxygen atoms in total. The normalized spacial score (nSPS) is 25.6. The molecule has 3 fully saturated rings. The van der Waals surface area contributed by atoms with Crippen molar-refractivity contribution in [2.45, 2.75) is 25.4 Å². The summed E-state index contributed by atoms with van der Waals surface area (Å²) in [4.78, 5) is 14.0. The Morgan fingerprint density at radius 1 is 1.42 bits per heavy atom. The van der Waals surface area contributed by atoms with E-state index in [1.54, 1.807) is 16.8 Å². The Kier molecular flexibility index (Phi) is 5.02. The molecule has 2 aromatic rings. The minimum Gasteiger partial charge on any atom is -1.00 e. The maximum atomic E-state index is 11.5. The van der Waals surface area contributed by atoms with Crippen LogP contribution in [0.15, 0.2) is 18.2 Å². The van der Waals surface area contributed by atoms with E-state index in [0.717, 1.165) is 29.1 Å². The number of rotatable bonds is 4. The summed E-state index contributed by atoms with van der Waals surface area (Å²) in [6.45, 7) is 4.16. The van der Waals surface area contributed by atoms with E-state index in [0.29, 0.717) is 18.2 Å². The van der Waals surface area contributed by atoms with Crippen LogP contribution in [0.5, 0.6) is 0 Å². The molecule has 0 saturated carbocycles. The van der Waals surface area contributed by atoms with Crippen LogP contribution < -0.4 is 24.2 Å². The Morgan fingerprint density at radius 2 is 2.17 bits per heavy atom. The van der Waals surface area contributed by atoms with Gasteiger partial charge in [0, 0.05) is 31.6 Å². The number of aryl methyl sites for hydroxylation is 1. The van der Waals surface area contributed by atoms with Gasteiger partial charge in [-0.2, -0.15) is 5.10 Å². The average molecular weight is 322 g/mol. The number of aromatic carboxylic acids is 1. The van der Waals surface area contributed by atoms with Crippen LogP contribution in [-0.2, 0) is 13.6 Å². The van der Waals surface area contributed by atoms with Crippen LogP contribution in [0.25, 0.3) is 10.9 Å². The summed E-state index contributed by atoms with van der Waals surface area (Å²) in [5.41, 5.74) is 2.04. The molecule has 1 aromatic heterocycles. The monoisotopic (exact) mass is 322 g/mol. The predicted molar refractivity (Wildman–Crippen MR) is 88.6 cm³/mol. The van der Waals surface area contributed by atoms with Gasteiger partial charge in [0.15, 0.2) is 0 Å². The summed E-state index contributed by atoms with van der Waals surface area (Å²) < 4.78 is 1.77. The van der Waals surface area contributed by atoms with Crippen LogP contribution in [0.1, 0.15) is 30.3 Å². The number of piperidine rings is 3. The van der Waals surface area contributed by atoms with Gasteiger partial charge in [0.05, 0.1) is 16.8 Å². The van der Waals surface area contributed by atoms with Crippen molar-refractivity contribution in [1.82, 2.24) is 20.0 Å². The second-order valence-electron chi connectivity index (χ2n) is 6.70. The number of hydrogen-bond donors (Lipinski definition) is 2. The fraction of sp³-hybridized carbons (Fsp3) is 0.529. The predicted octanol–water partition coefficient (Wildman–Crippen LogP) is -1.43. The molecule has 1 atom stereocenters. The van der Waals surface area contributed by atoms with E-state index in [9.17, 15) is 9.90 Å². The molecule has 3 saturated heterocycles. The molecule has 5 rings (SSSR count). The van der Waals surface area contributed by atoms with Crippen molar-refractivity contribution in [3.05, 3.63) is 29.5 Å². The third-order valence-corrected chi connectivity index (χ3v) is 5.37. The number of benzene rings is 1. The number of aromatic nitrogens is 2. The van der Waals surface area contributed by atoms with Gasteiger partial charge in [0.1, 0.15) is 0 Å². The number of nitrogens with zero attached hydrogens (tertiary/aromatic N) is 3. The number of carboxylic acid groups (broad SMARTS) is 1. The molecule has 124 valence electrons. The maximum absolute atomic E-state index is 11.5. The Morgan fingerprint density at radius 3 is 2.79 bits per heavy atom. The Hall–Kier alpha value is -1.32. The van der Waals surface area contributed by atoms with Gasteiger partial charge in [-0.15, -0.1) is 0 Å². The van der Waals surface area contributed by atoms with Gasteiger partial charge in [-0.05, 0) is 44.0 Å². The van der Waals surface area contributed by atoms with Crippen LogP contribution in [0.2, 0.25) is 0 Å². The van der Waals surface area contributed by atoms with Gasteiger partial charge in [-0.1, -0.05) is 6.07 Å². The van der Waals surface area contributed by atoms with Crippen LogP contribution in [-0.4, -0.2) is 51.4 Å².